The van der Waals surface area contributed by atoms with Crippen LogP contribution in [0.4, 0.5) is 11.6 Å². The van der Waals surface area contributed by atoms with E-state index in [0.717, 1.165) is 27.8 Å². The quantitative estimate of drug-likeness (QED) is 0.166. The molecule has 1 amide bonds. The molecule has 212 valence electrons. The Morgan fingerprint density at radius 3 is 2.51 bits per heavy atom. The second-order valence-corrected chi connectivity index (χ2v) is 11.4. The van der Waals surface area contributed by atoms with Gasteiger partial charge >= 0.3 is 0 Å². The van der Waals surface area contributed by atoms with Crippen LogP contribution in [0.15, 0.2) is 93.7 Å². The maximum atomic E-state index is 13.8. The SMILES string of the molecule is CCCSc1nc2n(n1)C(c1cc(Br)c(OCc3ccccc3)c(OCC)c1)C(C(=O)Nc1ccccc1)=C(C)N2. The molecule has 1 aliphatic heterocycles. The predicted molar refractivity (Wildman–Crippen MR) is 167 cm³/mol. The number of benzene rings is 3. The number of para-hydroxylation sites is 1. The van der Waals surface area contributed by atoms with Gasteiger partial charge in [-0.25, -0.2) is 4.68 Å². The Bertz CT molecular complexity index is 1540. The third kappa shape index (κ3) is 6.60. The molecule has 1 aliphatic rings. The number of hydrogen-bond acceptors (Lipinski definition) is 7. The standard InChI is InChI=1S/C31H32BrN5O3S/c1-4-16-41-31-35-30-33-20(3)26(29(38)34-23-14-10-7-11-15-23)27(37(30)36-31)22-17-24(32)28(25(18-22)39-5-2)40-19-21-12-8-6-9-13-21/h6-15,17-18,27H,4-5,16,19H2,1-3H3,(H,34,38)(H,33,35,36). The summed E-state index contributed by atoms with van der Waals surface area (Å²) in [5.74, 6) is 2.43. The average Bonchev–Trinajstić information content (AvgIpc) is 3.38. The van der Waals surface area contributed by atoms with Gasteiger partial charge in [-0.15, -0.1) is 5.10 Å². The smallest absolute Gasteiger partial charge is 0.255 e. The number of carbonyl (C=O) groups excluding carboxylic acids is 1. The molecule has 0 aliphatic carbocycles. The van der Waals surface area contributed by atoms with E-state index in [1.165, 1.54) is 0 Å². The fourth-order valence-electron chi connectivity index (χ4n) is 4.59. The van der Waals surface area contributed by atoms with Gasteiger partial charge in [-0.2, -0.15) is 4.98 Å². The first-order valence-electron chi connectivity index (χ1n) is 13.5. The highest BCUT2D eigenvalue weighted by atomic mass is 79.9. The molecule has 0 fully saturated rings. The third-order valence-corrected chi connectivity index (χ3v) is 8.05. The molecule has 4 aromatic rings. The van der Waals surface area contributed by atoms with Crippen LogP contribution < -0.4 is 20.1 Å². The molecule has 0 bridgehead atoms. The molecule has 2 N–H and O–H groups in total. The lowest BCUT2D eigenvalue weighted by Gasteiger charge is -2.29. The monoisotopic (exact) mass is 633 g/mol. The Morgan fingerprint density at radius 1 is 1.07 bits per heavy atom. The minimum atomic E-state index is -0.558. The lowest BCUT2D eigenvalue weighted by molar-refractivity contribution is -0.113. The predicted octanol–water partition coefficient (Wildman–Crippen LogP) is 7.45. The number of allylic oxidation sites excluding steroid dienone is 1. The number of carbonyl (C=O) groups is 1. The van der Waals surface area contributed by atoms with Crippen molar-refractivity contribution in [1.29, 1.82) is 0 Å². The van der Waals surface area contributed by atoms with E-state index in [1.54, 1.807) is 16.4 Å². The molecule has 0 saturated heterocycles. The summed E-state index contributed by atoms with van der Waals surface area (Å²) in [6.07, 6.45) is 1.00. The second kappa shape index (κ2) is 13.3. The van der Waals surface area contributed by atoms with Gasteiger partial charge < -0.3 is 20.1 Å². The second-order valence-electron chi connectivity index (χ2n) is 9.43. The molecule has 1 atom stereocenters. The van der Waals surface area contributed by atoms with Crippen molar-refractivity contribution >= 4 is 45.2 Å². The van der Waals surface area contributed by atoms with Crippen LogP contribution in [-0.2, 0) is 11.4 Å². The van der Waals surface area contributed by atoms with E-state index in [2.05, 4.69) is 33.5 Å². The maximum absolute atomic E-state index is 13.8. The lowest BCUT2D eigenvalue weighted by atomic mass is 9.94. The number of ether oxygens (including phenoxy) is 2. The van der Waals surface area contributed by atoms with Crippen molar-refractivity contribution in [3.8, 4) is 11.5 Å². The zero-order valence-corrected chi connectivity index (χ0v) is 25.6. The number of thioether (sulfide) groups is 1. The number of rotatable bonds is 11. The molecular formula is C31H32BrN5O3S. The summed E-state index contributed by atoms with van der Waals surface area (Å²) in [4.78, 5) is 18.6. The van der Waals surface area contributed by atoms with Crippen molar-refractivity contribution in [2.45, 2.75) is 45.0 Å². The van der Waals surface area contributed by atoms with Crippen molar-refractivity contribution in [3.05, 3.63) is 99.7 Å². The minimum Gasteiger partial charge on any atom is -0.490 e. The largest absolute Gasteiger partial charge is 0.490 e. The molecule has 8 nitrogen and oxygen atoms in total. The Labute approximate surface area is 252 Å². The van der Waals surface area contributed by atoms with Crippen molar-refractivity contribution in [1.82, 2.24) is 14.8 Å². The van der Waals surface area contributed by atoms with E-state index < -0.39 is 6.04 Å². The highest BCUT2D eigenvalue weighted by Gasteiger charge is 2.35. The molecule has 2 heterocycles. The molecule has 10 heteroatoms. The van der Waals surface area contributed by atoms with Gasteiger partial charge in [0.15, 0.2) is 11.5 Å². The highest BCUT2D eigenvalue weighted by molar-refractivity contribution is 9.10. The Kier molecular flexibility index (Phi) is 9.31. The molecule has 5 rings (SSSR count). The first-order valence-corrected chi connectivity index (χ1v) is 15.3. The first-order chi connectivity index (χ1) is 20.0. The Morgan fingerprint density at radius 2 is 1.80 bits per heavy atom. The van der Waals surface area contributed by atoms with E-state index in [1.807, 2.05) is 86.6 Å². The number of nitrogens with one attached hydrogen (secondary N) is 2. The normalized spacial score (nSPS) is 14.3. The highest BCUT2D eigenvalue weighted by Crippen LogP contribution is 2.43. The van der Waals surface area contributed by atoms with Gasteiger partial charge in [0.2, 0.25) is 11.1 Å². The summed E-state index contributed by atoms with van der Waals surface area (Å²) in [6, 6.07) is 22.7. The zero-order valence-electron chi connectivity index (χ0n) is 23.2. The van der Waals surface area contributed by atoms with E-state index in [-0.39, 0.29) is 5.91 Å². The molecule has 1 aromatic heterocycles. The third-order valence-electron chi connectivity index (χ3n) is 6.42. The van der Waals surface area contributed by atoms with Crippen LogP contribution in [0.25, 0.3) is 0 Å². The summed E-state index contributed by atoms with van der Waals surface area (Å²) in [6.45, 7) is 6.78. The van der Waals surface area contributed by atoms with Crippen LogP contribution in [0, 0.1) is 0 Å². The van der Waals surface area contributed by atoms with Gasteiger partial charge in [0, 0.05) is 17.1 Å². The van der Waals surface area contributed by atoms with Crippen LogP contribution >= 0.6 is 27.7 Å². The molecule has 0 spiro atoms. The van der Waals surface area contributed by atoms with Crippen LogP contribution in [0.3, 0.4) is 0 Å². The van der Waals surface area contributed by atoms with Gasteiger partial charge in [0.05, 0.1) is 16.7 Å². The number of hydrogen-bond donors (Lipinski definition) is 2. The van der Waals surface area contributed by atoms with Crippen LogP contribution in [0.5, 0.6) is 11.5 Å². The van der Waals surface area contributed by atoms with Gasteiger partial charge in [-0.1, -0.05) is 67.2 Å². The van der Waals surface area contributed by atoms with Crippen molar-refractivity contribution in [3.63, 3.8) is 0 Å². The van der Waals surface area contributed by atoms with Crippen LogP contribution in [-0.4, -0.2) is 33.0 Å². The molecule has 41 heavy (non-hydrogen) atoms. The van der Waals surface area contributed by atoms with Crippen molar-refractivity contribution in [2.24, 2.45) is 0 Å². The van der Waals surface area contributed by atoms with Crippen molar-refractivity contribution in [2.75, 3.05) is 23.0 Å². The maximum Gasteiger partial charge on any atom is 0.255 e. The van der Waals surface area contributed by atoms with E-state index in [0.29, 0.717) is 52.8 Å². The number of amides is 1. The molecule has 3 aromatic carbocycles. The fraction of sp³-hybridized carbons (Fsp3) is 0.258. The number of anilines is 2. The number of aromatic nitrogens is 3. The Hall–Kier alpha value is -3.76. The van der Waals surface area contributed by atoms with Gasteiger partial charge in [-0.05, 0) is 71.6 Å². The van der Waals surface area contributed by atoms with Gasteiger partial charge in [-0.3, -0.25) is 4.79 Å². The summed E-state index contributed by atoms with van der Waals surface area (Å²) in [5, 5.41) is 11.8. The number of nitrogens with zero attached hydrogens (tertiary/aromatic N) is 3. The summed E-state index contributed by atoms with van der Waals surface area (Å²) in [7, 11) is 0. The van der Waals surface area contributed by atoms with E-state index in [9.17, 15) is 4.79 Å². The summed E-state index contributed by atoms with van der Waals surface area (Å²) >= 11 is 5.32. The van der Waals surface area contributed by atoms with Gasteiger partial charge in [0.1, 0.15) is 12.6 Å². The number of halogens is 1. The van der Waals surface area contributed by atoms with Crippen LogP contribution in [0.1, 0.15) is 44.4 Å². The summed E-state index contributed by atoms with van der Waals surface area (Å²) in [5.41, 5.74) is 3.80. The topological polar surface area (TPSA) is 90.3 Å². The fourth-order valence-corrected chi connectivity index (χ4v) is 5.84. The minimum absolute atomic E-state index is 0.228. The Balaban J connectivity index is 1.57. The van der Waals surface area contributed by atoms with Crippen LogP contribution in [0.2, 0.25) is 0 Å². The van der Waals surface area contributed by atoms with E-state index in [4.69, 9.17) is 19.6 Å². The average molecular weight is 635 g/mol. The molecule has 0 saturated carbocycles. The summed E-state index contributed by atoms with van der Waals surface area (Å²) < 4.78 is 14.8. The molecule has 0 radical (unpaired) electrons. The van der Waals surface area contributed by atoms with E-state index >= 15 is 0 Å². The van der Waals surface area contributed by atoms with Crippen molar-refractivity contribution < 1.29 is 14.3 Å². The first kappa shape index (κ1) is 28.8. The molecular weight excluding hydrogens is 602 g/mol. The lowest BCUT2D eigenvalue weighted by Crippen LogP contribution is -2.31. The zero-order chi connectivity index (χ0) is 28.8. The van der Waals surface area contributed by atoms with Gasteiger partial charge in [0.25, 0.3) is 5.91 Å². The molecule has 1 unspecified atom stereocenters. The number of fused-ring (bicyclic) bond motifs is 1.